The number of urea groups is 1. The van der Waals surface area contributed by atoms with Crippen LogP contribution >= 0.6 is 11.6 Å². The highest BCUT2D eigenvalue weighted by Gasteiger charge is 2.27. The van der Waals surface area contributed by atoms with Gasteiger partial charge >= 0.3 is 6.03 Å². The highest BCUT2D eigenvalue weighted by Crippen LogP contribution is 2.24. The van der Waals surface area contributed by atoms with E-state index in [0.717, 1.165) is 17.6 Å². The van der Waals surface area contributed by atoms with E-state index in [1.165, 1.54) is 10.9 Å². The number of H-pyrrole nitrogens is 1. The number of Topliss-reactive ketones (excluding diaryl/α,β-unsaturated/α-hetero) is 1. The van der Waals surface area contributed by atoms with E-state index in [0.29, 0.717) is 43.1 Å². The molecule has 1 fully saturated rings. The van der Waals surface area contributed by atoms with E-state index in [4.69, 9.17) is 11.6 Å². The van der Waals surface area contributed by atoms with Crippen LogP contribution in [0.15, 0.2) is 48.5 Å². The van der Waals surface area contributed by atoms with Gasteiger partial charge in [-0.3, -0.25) is 4.79 Å². The summed E-state index contributed by atoms with van der Waals surface area (Å²) in [6, 6.07) is 15.2. The zero-order valence-electron chi connectivity index (χ0n) is 17.1. The smallest absolute Gasteiger partial charge is 0.317 e. The number of nitrogens with one attached hydrogen (secondary N) is 2. The molecule has 1 saturated heterocycles. The molecule has 2 amide bonds. The third-order valence-electron chi connectivity index (χ3n) is 5.96. The Kier molecular flexibility index (Phi) is 6.09. The van der Waals surface area contributed by atoms with Crippen LogP contribution in [0.25, 0.3) is 10.9 Å². The summed E-state index contributed by atoms with van der Waals surface area (Å²) in [4.78, 5) is 30.4. The zero-order chi connectivity index (χ0) is 21.1. The molecule has 4 rings (SSSR count). The summed E-state index contributed by atoms with van der Waals surface area (Å²) in [5.74, 6) is 0.102. The van der Waals surface area contributed by atoms with E-state index in [1.807, 2.05) is 17.0 Å². The minimum atomic E-state index is -0.0510. The van der Waals surface area contributed by atoms with E-state index in [1.54, 1.807) is 24.3 Å². The molecule has 0 unspecified atom stereocenters. The molecule has 156 valence electrons. The summed E-state index contributed by atoms with van der Waals surface area (Å²) < 4.78 is 0. The van der Waals surface area contributed by atoms with E-state index in [-0.39, 0.29) is 17.7 Å². The third kappa shape index (κ3) is 4.36. The van der Waals surface area contributed by atoms with Gasteiger partial charge in [0.25, 0.3) is 0 Å². The van der Waals surface area contributed by atoms with Crippen LogP contribution in [0.1, 0.15) is 34.5 Å². The number of rotatable bonds is 5. The first-order valence-corrected chi connectivity index (χ1v) is 10.8. The summed E-state index contributed by atoms with van der Waals surface area (Å²) in [5.41, 5.74) is 4.21. The number of likely N-dealkylation sites (tertiary alicyclic amines) is 1. The monoisotopic (exact) mass is 423 g/mol. The lowest BCUT2D eigenvalue weighted by molar-refractivity contribution is 0.0854. The zero-order valence-corrected chi connectivity index (χ0v) is 17.8. The summed E-state index contributed by atoms with van der Waals surface area (Å²) in [6.45, 7) is 3.86. The Morgan fingerprint density at radius 2 is 1.80 bits per heavy atom. The van der Waals surface area contributed by atoms with Gasteiger partial charge in [-0.2, -0.15) is 0 Å². The van der Waals surface area contributed by atoms with Crippen molar-refractivity contribution in [3.05, 3.63) is 70.4 Å². The van der Waals surface area contributed by atoms with E-state index in [2.05, 4.69) is 29.4 Å². The summed E-state index contributed by atoms with van der Waals surface area (Å²) >= 11 is 5.90. The number of amides is 2. The predicted molar refractivity (Wildman–Crippen MR) is 120 cm³/mol. The summed E-state index contributed by atoms with van der Waals surface area (Å²) in [5, 5.41) is 4.88. The number of piperidine rings is 1. The number of para-hydroxylation sites is 1. The molecule has 30 heavy (non-hydrogen) atoms. The van der Waals surface area contributed by atoms with Crippen molar-refractivity contribution < 1.29 is 9.59 Å². The topological polar surface area (TPSA) is 65.2 Å². The van der Waals surface area contributed by atoms with Crippen molar-refractivity contribution in [2.45, 2.75) is 26.2 Å². The molecular formula is C24H26ClN3O2. The molecule has 2 N–H and O–H groups in total. The molecule has 0 radical (unpaired) electrons. The Hall–Kier alpha value is -2.79. The van der Waals surface area contributed by atoms with Crippen LogP contribution in [0.2, 0.25) is 5.02 Å². The van der Waals surface area contributed by atoms with Crippen LogP contribution in [0.5, 0.6) is 0 Å². The van der Waals surface area contributed by atoms with Crippen molar-refractivity contribution in [3.63, 3.8) is 0 Å². The van der Waals surface area contributed by atoms with Crippen molar-refractivity contribution in [2.75, 3.05) is 19.6 Å². The number of fused-ring (bicyclic) bond motifs is 1. The molecule has 1 aromatic heterocycles. The standard InChI is InChI=1S/C24H26ClN3O2/c1-16-20(21-4-2-3-5-22(21)27-16)10-13-26-24(30)28-14-11-18(12-15-28)23(29)17-6-8-19(25)9-7-17/h2-9,18,27H,10-15H2,1H3,(H,26,30). The number of hydrogen-bond acceptors (Lipinski definition) is 2. The highest BCUT2D eigenvalue weighted by atomic mass is 35.5. The Bertz CT molecular complexity index is 1050. The number of ketones is 1. The fraction of sp³-hybridized carbons (Fsp3) is 0.333. The van der Waals surface area contributed by atoms with Gasteiger partial charge in [0.15, 0.2) is 5.78 Å². The Balaban J connectivity index is 1.27. The highest BCUT2D eigenvalue weighted by molar-refractivity contribution is 6.30. The Morgan fingerprint density at radius 1 is 1.10 bits per heavy atom. The molecule has 2 aromatic carbocycles. The number of aromatic amines is 1. The summed E-state index contributed by atoms with van der Waals surface area (Å²) in [6.07, 6.45) is 2.17. The number of aryl methyl sites for hydroxylation is 1. The molecule has 0 spiro atoms. The number of carbonyl (C=O) groups is 2. The van der Waals surface area contributed by atoms with Gasteiger partial charge in [-0.05, 0) is 62.1 Å². The second-order valence-corrected chi connectivity index (χ2v) is 8.32. The SMILES string of the molecule is Cc1[nH]c2ccccc2c1CCNC(=O)N1CCC(C(=O)c2ccc(Cl)cc2)CC1. The van der Waals surface area contributed by atoms with Gasteiger partial charge < -0.3 is 15.2 Å². The number of aromatic nitrogens is 1. The summed E-state index contributed by atoms with van der Waals surface area (Å²) in [7, 11) is 0. The molecular weight excluding hydrogens is 398 g/mol. The van der Waals surface area contributed by atoms with Gasteiger partial charge in [-0.25, -0.2) is 4.79 Å². The number of hydrogen-bond donors (Lipinski definition) is 2. The van der Waals surface area contributed by atoms with Crippen LogP contribution in [0.4, 0.5) is 4.79 Å². The normalized spacial score (nSPS) is 14.8. The van der Waals surface area contributed by atoms with E-state index >= 15 is 0 Å². The van der Waals surface area contributed by atoms with Gasteiger partial charge in [0.2, 0.25) is 0 Å². The minimum absolute atomic E-state index is 0.0379. The second-order valence-electron chi connectivity index (χ2n) is 7.89. The molecule has 5 nitrogen and oxygen atoms in total. The van der Waals surface area contributed by atoms with Gasteiger partial charge in [-0.15, -0.1) is 0 Å². The average Bonchev–Trinajstić information content (AvgIpc) is 3.09. The average molecular weight is 424 g/mol. The van der Waals surface area contributed by atoms with Crippen LogP contribution in [0, 0.1) is 12.8 Å². The first-order valence-electron chi connectivity index (χ1n) is 10.4. The fourth-order valence-electron chi connectivity index (χ4n) is 4.26. The molecule has 0 aliphatic carbocycles. The van der Waals surface area contributed by atoms with E-state index < -0.39 is 0 Å². The molecule has 0 saturated carbocycles. The number of benzene rings is 2. The van der Waals surface area contributed by atoms with Gasteiger partial charge in [0.1, 0.15) is 0 Å². The number of nitrogens with zero attached hydrogens (tertiary/aromatic N) is 1. The van der Waals surface area contributed by atoms with Crippen LogP contribution in [-0.2, 0) is 6.42 Å². The van der Waals surface area contributed by atoms with Crippen molar-refractivity contribution in [2.24, 2.45) is 5.92 Å². The lowest BCUT2D eigenvalue weighted by atomic mass is 9.89. The number of carbonyl (C=O) groups excluding carboxylic acids is 2. The van der Waals surface area contributed by atoms with Crippen molar-refractivity contribution >= 4 is 34.3 Å². The molecule has 3 aromatic rings. The fourth-order valence-corrected chi connectivity index (χ4v) is 4.38. The first-order chi connectivity index (χ1) is 14.5. The van der Waals surface area contributed by atoms with Crippen molar-refractivity contribution in [1.82, 2.24) is 15.2 Å². The van der Waals surface area contributed by atoms with E-state index in [9.17, 15) is 9.59 Å². The van der Waals surface area contributed by atoms with Crippen LogP contribution < -0.4 is 5.32 Å². The molecule has 1 aliphatic rings. The van der Waals surface area contributed by atoms with Gasteiger partial charge in [-0.1, -0.05) is 29.8 Å². The largest absolute Gasteiger partial charge is 0.358 e. The molecule has 0 bridgehead atoms. The van der Waals surface area contributed by atoms with Crippen molar-refractivity contribution in [1.29, 1.82) is 0 Å². The quantitative estimate of drug-likeness (QED) is 0.568. The molecule has 2 heterocycles. The lowest BCUT2D eigenvalue weighted by Crippen LogP contribution is -2.46. The maximum absolute atomic E-state index is 12.7. The van der Waals surface area contributed by atoms with Crippen molar-refractivity contribution in [3.8, 4) is 0 Å². The van der Waals surface area contributed by atoms with Crippen LogP contribution in [0.3, 0.4) is 0 Å². The molecule has 1 aliphatic heterocycles. The third-order valence-corrected chi connectivity index (χ3v) is 6.21. The molecule has 0 atom stereocenters. The minimum Gasteiger partial charge on any atom is -0.358 e. The predicted octanol–water partition coefficient (Wildman–Crippen LogP) is 4.98. The van der Waals surface area contributed by atoms with Crippen LogP contribution in [-0.4, -0.2) is 41.3 Å². The second kappa shape index (κ2) is 8.92. The maximum atomic E-state index is 12.7. The number of halogens is 1. The van der Waals surface area contributed by atoms with Gasteiger partial charge in [0, 0.05) is 52.7 Å². The first kappa shape index (κ1) is 20.5. The van der Waals surface area contributed by atoms with Gasteiger partial charge in [0.05, 0.1) is 0 Å². The Morgan fingerprint density at radius 3 is 2.53 bits per heavy atom. The maximum Gasteiger partial charge on any atom is 0.317 e. The molecule has 6 heteroatoms. The lowest BCUT2D eigenvalue weighted by Gasteiger charge is -2.31. The Labute approximate surface area is 181 Å².